The molecule has 1 fully saturated rings. The van der Waals surface area contributed by atoms with Crippen LogP contribution < -0.4 is 5.32 Å². The van der Waals surface area contributed by atoms with Gasteiger partial charge < -0.3 is 15.2 Å². The summed E-state index contributed by atoms with van der Waals surface area (Å²) < 4.78 is 31.1. The van der Waals surface area contributed by atoms with Gasteiger partial charge in [-0.15, -0.1) is 0 Å². The molecule has 1 aromatic carbocycles. The van der Waals surface area contributed by atoms with Gasteiger partial charge in [0.2, 0.25) is 0 Å². The molecule has 3 nitrogen and oxygen atoms in total. The second kappa shape index (κ2) is 5.73. The van der Waals surface area contributed by atoms with Crippen LogP contribution in [-0.4, -0.2) is 30.5 Å². The molecule has 5 heteroatoms. The van der Waals surface area contributed by atoms with Gasteiger partial charge in [-0.25, -0.2) is 8.78 Å². The van der Waals surface area contributed by atoms with Crippen LogP contribution in [0.15, 0.2) is 18.2 Å². The second-order valence-electron chi connectivity index (χ2n) is 4.72. The lowest BCUT2D eigenvalue weighted by molar-refractivity contribution is -0.0617. The summed E-state index contributed by atoms with van der Waals surface area (Å²) in [4.78, 5) is 0. The van der Waals surface area contributed by atoms with Gasteiger partial charge in [0, 0.05) is 45.2 Å². The van der Waals surface area contributed by atoms with E-state index in [2.05, 4.69) is 5.32 Å². The van der Waals surface area contributed by atoms with Crippen LogP contribution in [0.5, 0.6) is 0 Å². The van der Waals surface area contributed by atoms with Crippen molar-refractivity contribution >= 4 is 0 Å². The van der Waals surface area contributed by atoms with Crippen molar-refractivity contribution in [2.45, 2.75) is 25.0 Å². The molecule has 0 radical (unpaired) electrons. The molecule has 0 amide bonds. The Hall–Kier alpha value is -1.04. The Balaban J connectivity index is 1.84. The first-order valence-corrected chi connectivity index (χ1v) is 6.03. The van der Waals surface area contributed by atoms with Gasteiger partial charge in [0.05, 0.1) is 5.60 Å². The van der Waals surface area contributed by atoms with Crippen LogP contribution in [0.2, 0.25) is 0 Å². The highest BCUT2D eigenvalue weighted by molar-refractivity contribution is 5.17. The Morgan fingerprint density at radius 1 is 1.17 bits per heavy atom. The lowest BCUT2D eigenvalue weighted by Gasteiger charge is -2.32. The standard InChI is InChI=1S/C13H17F2NO2/c14-11-5-10(6-12(15)7-11)8-16-9-13(17)1-3-18-4-2-13/h5-7,16-17H,1-4,8-9H2. The van der Waals surface area contributed by atoms with E-state index in [1.807, 2.05) is 0 Å². The van der Waals surface area contributed by atoms with E-state index >= 15 is 0 Å². The average molecular weight is 257 g/mol. The molecule has 0 saturated carbocycles. The van der Waals surface area contributed by atoms with Crippen molar-refractivity contribution in [1.29, 1.82) is 0 Å². The van der Waals surface area contributed by atoms with E-state index in [4.69, 9.17) is 4.74 Å². The average Bonchev–Trinajstić information content (AvgIpc) is 2.28. The van der Waals surface area contributed by atoms with Crippen molar-refractivity contribution in [3.8, 4) is 0 Å². The molecule has 0 spiro atoms. The highest BCUT2D eigenvalue weighted by atomic mass is 19.1. The van der Waals surface area contributed by atoms with Crippen molar-refractivity contribution in [2.75, 3.05) is 19.8 Å². The molecule has 1 aliphatic heterocycles. The van der Waals surface area contributed by atoms with Crippen molar-refractivity contribution < 1.29 is 18.6 Å². The largest absolute Gasteiger partial charge is 0.388 e. The minimum atomic E-state index is -0.774. The van der Waals surface area contributed by atoms with Crippen molar-refractivity contribution in [1.82, 2.24) is 5.32 Å². The Morgan fingerprint density at radius 3 is 2.39 bits per heavy atom. The van der Waals surface area contributed by atoms with E-state index in [0.717, 1.165) is 6.07 Å². The van der Waals surface area contributed by atoms with E-state index < -0.39 is 17.2 Å². The Kier molecular flexibility index (Phi) is 4.27. The van der Waals surface area contributed by atoms with E-state index in [9.17, 15) is 13.9 Å². The number of hydrogen-bond donors (Lipinski definition) is 2. The third kappa shape index (κ3) is 3.73. The van der Waals surface area contributed by atoms with E-state index in [1.165, 1.54) is 12.1 Å². The SMILES string of the molecule is OC1(CNCc2cc(F)cc(F)c2)CCOCC1. The molecule has 1 saturated heterocycles. The molecular formula is C13H17F2NO2. The predicted molar refractivity (Wildman–Crippen MR) is 63.1 cm³/mol. The number of aliphatic hydroxyl groups is 1. The first-order valence-electron chi connectivity index (χ1n) is 6.03. The number of nitrogens with one attached hydrogen (secondary N) is 1. The maximum Gasteiger partial charge on any atom is 0.126 e. The molecule has 1 heterocycles. The highest BCUT2D eigenvalue weighted by Gasteiger charge is 2.29. The third-order valence-electron chi connectivity index (χ3n) is 3.13. The molecule has 0 bridgehead atoms. The smallest absolute Gasteiger partial charge is 0.126 e. The van der Waals surface area contributed by atoms with Gasteiger partial charge in [-0.2, -0.15) is 0 Å². The molecule has 1 aliphatic rings. The Bertz CT molecular complexity index is 386. The number of ether oxygens (including phenoxy) is 1. The Labute approximate surface area is 105 Å². The summed E-state index contributed by atoms with van der Waals surface area (Å²) in [5.41, 5.74) is -0.243. The number of halogens is 2. The van der Waals surface area contributed by atoms with Crippen LogP contribution in [0.4, 0.5) is 8.78 Å². The summed E-state index contributed by atoms with van der Waals surface area (Å²) in [5.74, 6) is -1.17. The molecule has 100 valence electrons. The fourth-order valence-electron chi connectivity index (χ4n) is 2.08. The van der Waals surface area contributed by atoms with E-state index in [0.29, 0.717) is 44.7 Å². The van der Waals surface area contributed by atoms with Gasteiger partial charge in [-0.05, 0) is 17.7 Å². The number of benzene rings is 1. The fraction of sp³-hybridized carbons (Fsp3) is 0.538. The van der Waals surface area contributed by atoms with Gasteiger partial charge in [0.1, 0.15) is 11.6 Å². The van der Waals surface area contributed by atoms with E-state index in [1.54, 1.807) is 0 Å². The zero-order chi connectivity index (χ0) is 13.0. The maximum absolute atomic E-state index is 13.0. The summed E-state index contributed by atoms with van der Waals surface area (Å²) >= 11 is 0. The number of hydrogen-bond acceptors (Lipinski definition) is 3. The lowest BCUT2D eigenvalue weighted by Crippen LogP contribution is -2.44. The van der Waals surface area contributed by atoms with Crippen LogP contribution >= 0.6 is 0 Å². The monoisotopic (exact) mass is 257 g/mol. The zero-order valence-corrected chi connectivity index (χ0v) is 10.1. The number of rotatable bonds is 4. The molecule has 0 atom stereocenters. The van der Waals surface area contributed by atoms with Crippen molar-refractivity contribution in [3.05, 3.63) is 35.4 Å². The highest BCUT2D eigenvalue weighted by Crippen LogP contribution is 2.19. The van der Waals surface area contributed by atoms with Crippen LogP contribution in [0.25, 0.3) is 0 Å². The maximum atomic E-state index is 13.0. The fourth-order valence-corrected chi connectivity index (χ4v) is 2.08. The molecule has 2 rings (SSSR count). The van der Waals surface area contributed by atoms with E-state index in [-0.39, 0.29) is 0 Å². The summed E-state index contributed by atoms with van der Waals surface area (Å²) in [6.45, 7) is 1.83. The quantitative estimate of drug-likeness (QED) is 0.860. The third-order valence-corrected chi connectivity index (χ3v) is 3.13. The predicted octanol–water partition coefficient (Wildman–Crippen LogP) is 1.60. The van der Waals surface area contributed by atoms with Gasteiger partial charge in [0.25, 0.3) is 0 Å². The molecule has 2 N–H and O–H groups in total. The van der Waals surface area contributed by atoms with Gasteiger partial charge >= 0.3 is 0 Å². The lowest BCUT2D eigenvalue weighted by atomic mass is 9.94. The Morgan fingerprint density at radius 2 is 1.78 bits per heavy atom. The van der Waals surface area contributed by atoms with Gasteiger partial charge in [0.15, 0.2) is 0 Å². The normalized spacial score (nSPS) is 18.8. The summed E-state index contributed by atoms with van der Waals surface area (Å²) in [6, 6.07) is 3.41. The summed E-state index contributed by atoms with van der Waals surface area (Å²) in [5, 5.41) is 13.2. The zero-order valence-electron chi connectivity index (χ0n) is 10.1. The molecular weight excluding hydrogens is 240 g/mol. The second-order valence-corrected chi connectivity index (χ2v) is 4.72. The summed E-state index contributed by atoms with van der Waals surface area (Å²) in [6.07, 6.45) is 1.16. The minimum Gasteiger partial charge on any atom is -0.388 e. The van der Waals surface area contributed by atoms with Crippen molar-refractivity contribution in [3.63, 3.8) is 0 Å². The molecule has 0 unspecified atom stereocenters. The minimum absolute atomic E-state index is 0.331. The summed E-state index contributed by atoms with van der Waals surface area (Å²) in [7, 11) is 0. The first kappa shape index (κ1) is 13.4. The molecule has 18 heavy (non-hydrogen) atoms. The van der Waals surface area contributed by atoms with Gasteiger partial charge in [-0.3, -0.25) is 0 Å². The molecule has 1 aromatic rings. The van der Waals surface area contributed by atoms with Crippen molar-refractivity contribution in [2.24, 2.45) is 0 Å². The molecule has 0 aromatic heterocycles. The van der Waals surface area contributed by atoms with Crippen LogP contribution in [-0.2, 0) is 11.3 Å². The van der Waals surface area contributed by atoms with Crippen LogP contribution in [0.3, 0.4) is 0 Å². The first-order chi connectivity index (χ1) is 8.57. The van der Waals surface area contributed by atoms with Crippen LogP contribution in [0.1, 0.15) is 18.4 Å². The van der Waals surface area contributed by atoms with Crippen LogP contribution in [0, 0.1) is 11.6 Å². The topological polar surface area (TPSA) is 41.5 Å². The van der Waals surface area contributed by atoms with Gasteiger partial charge in [-0.1, -0.05) is 0 Å². The molecule has 0 aliphatic carbocycles.